The predicted molar refractivity (Wildman–Crippen MR) is 57.0 cm³/mol. The van der Waals surface area contributed by atoms with Crippen LogP contribution in [0.15, 0.2) is 0 Å². The molecule has 1 fully saturated rings. The molecule has 0 saturated carbocycles. The average Bonchev–Trinajstić information content (AvgIpc) is 2.61. The Morgan fingerprint density at radius 3 is 2.86 bits per heavy atom. The Kier molecular flexibility index (Phi) is 4.35. The Bertz CT molecular complexity index is 194. The van der Waals surface area contributed by atoms with E-state index in [1.807, 2.05) is 14.1 Å². The van der Waals surface area contributed by atoms with Gasteiger partial charge < -0.3 is 10.6 Å². The van der Waals surface area contributed by atoms with Gasteiger partial charge in [-0.1, -0.05) is 0 Å². The fourth-order valence-electron chi connectivity index (χ4n) is 1.97. The molecule has 1 atom stereocenters. The molecule has 1 aliphatic heterocycles. The first-order chi connectivity index (χ1) is 6.66. The van der Waals surface area contributed by atoms with Crippen molar-refractivity contribution in [2.45, 2.75) is 25.3 Å². The van der Waals surface area contributed by atoms with Crippen molar-refractivity contribution in [3.63, 3.8) is 0 Å². The Hall–Kier alpha value is -0.610. The quantitative estimate of drug-likeness (QED) is 0.687. The fraction of sp³-hybridized carbons (Fsp3) is 0.900. The van der Waals surface area contributed by atoms with Crippen LogP contribution >= 0.6 is 0 Å². The molecule has 0 aromatic carbocycles. The van der Waals surface area contributed by atoms with E-state index in [1.165, 1.54) is 0 Å². The summed E-state index contributed by atoms with van der Waals surface area (Å²) in [6.07, 6.45) is 3.12. The molecule has 2 N–H and O–H groups in total. The zero-order chi connectivity index (χ0) is 10.6. The maximum atomic E-state index is 11.8. The maximum Gasteiger partial charge on any atom is 0.239 e. The molecule has 0 aromatic heterocycles. The van der Waals surface area contributed by atoms with Crippen molar-refractivity contribution in [2.24, 2.45) is 5.73 Å². The minimum absolute atomic E-state index is 0.108. The molecule has 1 unspecified atom stereocenters. The number of amides is 1. The first-order valence-corrected chi connectivity index (χ1v) is 5.32. The summed E-state index contributed by atoms with van der Waals surface area (Å²) < 4.78 is 0. The zero-order valence-corrected chi connectivity index (χ0v) is 9.20. The molecule has 1 amide bonds. The number of likely N-dealkylation sites (N-methyl/N-ethyl adjacent to an activating group) is 1. The third-order valence-electron chi connectivity index (χ3n) is 2.74. The lowest BCUT2D eigenvalue weighted by molar-refractivity contribution is -0.133. The minimum Gasteiger partial charge on any atom is -0.347 e. The van der Waals surface area contributed by atoms with Crippen LogP contribution in [0.5, 0.6) is 0 Å². The smallest absolute Gasteiger partial charge is 0.239 e. The monoisotopic (exact) mass is 199 g/mol. The van der Waals surface area contributed by atoms with Gasteiger partial charge in [0.05, 0.1) is 6.04 Å². The maximum absolute atomic E-state index is 11.8. The molecule has 0 bridgehead atoms. The molecule has 1 saturated heterocycles. The molecule has 0 aliphatic carbocycles. The van der Waals surface area contributed by atoms with E-state index in [-0.39, 0.29) is 11.9 Å². The third kappa shape index (κ3) is 2.69. The molecule has 0 aromatic rings. The summed E-state index contributed by atoms with van der Waals surface area (Å²) in [6.45, 7) is 2.71. The van der Waals surface area contributed by atoms with Crippen LogP contribution in [0.3, 0.4) is 0 Å². The van der Waals surface area contributed by atoms with E-state index in [0.717, 1.165) is 32.4 Å². The summed E-state index contributed by atoms with van der Waals surface area (Å²) >= 11 is 0. The summed E-state index contributed by atoms with van der Waals surface area (Å²) in [5, 5.41) is 0. The first kappa shape index (κ1) is 11.5. The molecular weight excluding hydrogens is 178 g/mol. The number of hydrogen-bond acceptors (Lipinski definition) is 3. The van der Waals surface area contributed by atoms with Gasteiger partial charge in [-0.25, -0.2) is 0 Å². The molecule has 4 nitrogen and oxygen atoms in total. The number of rotatable bonds is 4. The normalized spacial score (nSPS) is 22.6. The van der Waals surface area contributed by atoms with Crippen molar-refractivity contribution in [3.05, 3.63) is 0 Å². The van der Waals surface area contributed by atoms with Crippen LogP contribution in [0.4, 0.5) is 0 Å². The number of hydrogen-bond donors (Lipinski definition) is 1. The van der Waals surface area contributed by atoms with Crippen molar-refractivity contribution in [2.75, 3.05) is 33.7 Å². The second-order valence-corrected chi connectivity index (χ2v) is 4.07. The highest BCUT2D eigenvalue weighted by Gasteiger charge is 2.30. The van der Waals surface area contributed by atoms with Gasteiger partial charge in [0.2, 0.25) is 5.91 Å². The molecule has 1 rings (SSSR count). The van der Waals surface area contributed by atoms with Crippen molar-refractivity contribution in [3.8, 4) is 0 Å². The van der Waals surface area contributed by atoms with Crippen LogP contribution in [0.1, 0.15) is 19.3 Å². The van der Waals surface area contributed by atoms with Gasteiger partial charge in [0.25, 0.3) is 0 Å². The van der Waals surface area contributed by atoms with Gasteiger partial charge >= 0.3 is 0 Å². The van der Waals surface area contributed by atoms with Crippen LogP contribution in [-0.2, 0) is 4.79 Å². The Morgan fingerprint density at radius 2 is 2.29 bits per heavy atom. The van der Waals surface area contributed by atoms with Gasteiger partial charge in [-0.05, 0) is 32.4 Å². The van der Waals surface area contributed by atoms with Crippen molar-refractivity contribution >= 4 is 5.91 Å². The summed E-state index contributed by atoms with van der Waals surface area (Å²) in [5.41, 5.74) is 5.47. The van der Waals surface area contributed by atoms with Gasteiger partial charge in [0, 0.05) is 20.6 Å². The summed E-state index contributed by atoms with van der Waals surface area (Å²) in [5.74, 6) is 0.236. The van der Waals surface area contributed by atoms with E-state index < -0.39 is 0 Å². The molecular formula is C10H21N3O. The summed E-state index contributed by atoms with van der Waals surface area (Å²) in [4.78, 5) is 15.7. The molecule has 0 spiro atoms. The topological polar surface area (TPSA) is 49.6 Å². The summed E-state index contributed by atoms with van der Waals surface area (Å²) in [7, 11) is 3.64. The average molecular weight is 199 g/mol. The minimum atomic E-state index is 0.108. The van der Waals surface area contributed by atoms with Crippen LogP contribution in [0.25, 0.3) is 0 Å². The predicted octanol–water partition coefficient (Wildman–Crippen LogP) is -0.112. The standard InChI is InChI=1S/C10H21N3O/c1-12(2)10(14)9-5-3-7-13(9)8-4-6-11/h9H,3-8,11H2,1-2H3. The van der Waals surface area contributed by atoms with Gasteiger partial charge in [-0.3, -0.25) is 9.69 Å². The second-order valence-electron chi connectivity index (χ2n) is 4.07. The molecule has 4 heteroatoms. The van der Waals surface area contributed by atoms with Gasteiger partial charge in [-0.2, -0.15) is 0 Å². The highest BCUT2D eigenvalue weighted by Crippen LogP contribution is 2.18. The van der Waals surface area contributed by atoms with Crippen molar-refractivity contribution < 1.29 is 4.79 Å². The van der Waals surface area contributed by atoms with Crippen LogP contribution in [-0.4, -0.2) is 55.5 Å². The SMILES string of the molecule is CN(C)C(=O)C1CCCN1CCCN. The van der Waals surface area contributed by atoms with E-state index in [2.05, 4.69) is 4.90 Å². The lowest BCUT2D eigenvalue weighted by atomic mass is 10.2. The van der Waals surface area contributed by atoms with E-state index in [0.29, 0.717) is 6.54 Å². The van der Waals surface area contributed by atoms with Crippen molar-refractivity contribution in [1.82, 2.24) is 9.80 Å². The molecule has 14 heavy (non-hydrogen) atoms. The van der Waals surface area contributed by atoms with Crippen LogP contribution in [0, 0.1) is 0 Å². The first-order valence-electron chi connectivity index (χ1n) is 5.32. The number of carbonyl (C=O) groups excluding carboxylic acids is 1. The number of likely N-dealkylation sites (tertiary alicyclic amines) is 1. The number of nitrogens with two attached hydrogens (primary N) is 1. The molecule has 0 radical (unpaired) electrons. The Labute approximate surface area is 86.0 Å². The van der Waals surface area contributed by atoms with E-state index in [1.54, 1.807) is 4.90 Å². The van der Waals surface area contributed by atoms with E-state index in [9.17, 15) is 4.79 Å². The zero-order valence-electron chi connectivity index (χ0n) is 9.20. The van der Waals surface area contributed by atoms with Gasteiger partial charge in [0.1, 0.15) is 0 Å². The largest absolute Gasteiger partial charge is 0.347 e. The van der Waals surface area contributed by atoms with Crippen LogP contribution in [0.2, 0.25) is 0 Å². The second kappa shape index (κ2) is 5.32. The van der Waals surface area contributed by atoms with Gasteiger partial charge in [-0.15, -0.1) is 0 Å². The molecule has 1 heterocycles. The molecule has 1 aliphatic rings. The van der Waals surface area contributed by atoms with Crippen LogP contribution < -0.4 is 5.73 Å². The van der Waals surface area contributed by atoms with Crippen molar-refractivity contribution in [1.29, 1.82) is 0 Å². The highest BCUT2D eigenvalue weighted by molar-refractivity contribution is 5.81. The number of carbonyl (C=O) groups is 1. The summed E-state index contributed by atoms with van der Waals surface area (Å²) in [6, 6.07) is 0.108. The van der Waals surface area contributed by atoms with Gasteiger partial charge in [0.15, 0.2) is 0 Å². The lowest BCUT2D eigenvalue weighted by Crippen LogP contribution is -2.43. The third-order valence-corrected chi connectivity index (χ3v) is 2.74. The number of nitrogens with zero attached hydrogens (tertiary/aromatic N) is 2. The fourth-order valence-corrected chi connectivity index (χ4v) is 1.97. The lowest BCUT2D eigenvalue weighted by Gasteiger charge is -2.25. The Balaban J connectivity index is 2.46. The molecule has 82 valence electrons. The van der Waals surface area contributed by atoms with E-state index in [4.69, 9.17) is 5.73 Å². The van der Waals surface area contributed by atoms with E-state index >= 15 is 0 Å². The Morgan fingerprint density at radius 1 is 1.57 bits per heavy atom. The highest BCUT2D eigenvalue weighted by atomic mass is 16.2.